The summed E-state index contributed by atoms with van der Waals surface area (Å²) in [7, 11) is 1.79. The van der Waals surface area contributed by atoms with Gasteiger partial charge in [0, 0.05) is 7.11 Å². The number of methoxy groups -OCH3 is 1. The lowest BCUT2D eigenvalue weighted by atomic mass is 9.98. The summed E-state index contributed by atoms with van der Waals surface area (Å²) in [6.07, 6.45) is 9.79. The molecular weight excluding hydrogens is 264 g/mol. The van der Waals surface area contributed by atoms with Crippen LogP contribution in [-0.4, -0.2) is 41.8 Å². The van der Waals surface area contributed by atoms with Gasteiger partial charge in [-0.15, -0.1) is 0 Å². The largest absolute Gasteiger partial charge is 0.379 e. The van der Waals surface area contributed by atoms with Gasteiger partial charge in [0.1, 0.15) is 0 Å². The molecule has 0 aromatic rings. The lowest BCUT2D eigenvalue weighted by Gasteiger charge is -2.36. The molecule has 2 aliphatic carbocycles. The maximum absolute atomic E-state index is 13.1. The van der Waals surface area contributed by atoms with Crippen molar-refractivity contribution in [2.45, 2.75) is 89.1 Å². The minimum Gasteiger partial charge on any atom is -0.379 e. The summed E-state index contributed by atoms with van der Waals surface area (Å²) < 4.78 is 5.68. The summed E-state index contributed by atoms with van der Waals surface area (Å²) in [5, 5.41) is 3.70. The third-order valence-electron chi connectivity index (χ3n) is 6.10. The van der Waals surface area contributed by atoms with Crippen LogP contribution in [0.3, 0.4) is 0 Å². The minimum absolute atomic E-state index is 0.221. The summed E-state index contributed by atoms with van der Waals surface area (Å²) in [5.41, 5.74) is -0.381. The van der Waals surface area contributed by atoms with E-state index < -0.39 is 0 Å². The van der Waals surface area contributed by atoms with Crippen molar-refractivity contribution in [3.8, 4) is 0 Å². The maximum Gasteiger partial charge on any atom is 0.244 e. The Balaban J connectivity index is 1.87. The molecule has 1 aliphatic heterocycles. The highest BCUT2D eigenvalue weighted by Gasteiger charge is 2.53. The van der Waals surface area contributed by atoms with Crippen molar-refractivity contribution in [2.24, 2.45) is 5.92 Å². The number of carbonyl (C=O) groups is 1. The van der Waals surface area contributed by atoms with Gasteiger partial charge >= 0.3 is 0 Å². The molecule has 3 fully saturated rings. The van der Waals surface area contributed by atoms with Gasteiger partial charge in [0.2, 0.25) is 5.91 Å². The van der Waals surface area contributed by atoms with E-state index in [4.69, 9.17) is 4.74 Å². The fraction of sp³-hybridized carbons (Fsp3) is 0.941. The summed E-state index contributed by atoms with van der Waals surface area (Å²) in [5.74, 6) is 0.927. The molecule has 4 nitrogen and oxygen atoms in total. The number of amides is 1. The van der Waals surface area contributed by atoms with Crippen LogP contribution >= 0.6 is 0 Å². The molecule has 2 saturated carbocycles. The number of hydrogen-bond donors (Lipinski definition) is 1. The molecule has 0 aromatic carbocycles. The van der Waals surface area contributed by atoms with Crippen molar-refractivity contribution in [3.05, 3.63) is 0 Å². The number of ether oxygens (including phenoxy) is 1. The molecule has 0 radical (unpaired) electrons. The van der Waals surface area contributed by atoms with Gasteiger partial charge in [-0.3, -0.25) is 10.1 Å². The predicted octanol–water partition coefficient (Wildman–Crippen LogP) is 2.67. The van der Waals surface area contributed by atoms with E-state index in [0.29, 0.717) is 11.8 Å². The normalized spacial score (nSPS) is 41.4. The Kier molecular flexibility index (Phi) is 4.28. The van der Waals surface area contributed by atoms with Gasteiger partial charge < -0.3 is 9.64 Å². The fourth-order valence-corrected chi connectivity index (χ4v) is 4.60. The Hall–Kier alpha value is -0.610. The SMILES string of the molecule is CCC1(C)NC(C2CCCC2)N(C2CCCC2OC)C1=O. The molecule has 3 rings (SSSR count). The molecule has 1 heterocycles. The smallest absolute Gasteiger partial charge is 0.244 e. The molecular formula is C17H30N2O2. The molecule has 0 bridgehead atoms. The summed E-state index contributed by atoms with van der Waals surface area (Å²) in [6, 6.07) is 0.272. The van der Waals surface area contributed by atoms with E-state index in [2.05, 4.69) is 24.1 Å². The van der Waals surface area contributed by atoms with Gasteiger partial charge in [-0.2, -0.15) is 0 Å². The van der Waals surface area contributed by atoms with Gasteiger partial charge in [-0.25, -0.2) is 0 Å². The first-order chi connectivity index (χ1) is 10.1. The van der Waals surface area contributed by atoms with Crippen LogP contribution in [0.15, 0.2) is 0 Å². The third-order valence-corrected chi connectivity index (χ3v) is 6.10. The highest BCUT2D eigenvalue weighted by Crippen LogP contribution is 2.39. The molecule has 4 heteroatoms. The Bertz CT molecular complexity index is 394. The Morgan fingerprint density at radius 2 is 1.95 bits per heavy atom. The van der Waals surface area contributed by atoms with Crippen LogP contribution in [0, 0.1) is 5.92 Å². The topological polar surface area (TPSA) is 41.6 Å². The molecule has 120 valence electrons. The molecule has 21 heavy (non-hydrogen) atoms. The van der Waals surface area contributed by atoms with E-state index in [9.17, 15) is 4.79 Å². The molecule has 1 amide bonds. The average molecular weight is 294 g/mol. The number of nitrogens with one attached hydrogen (secondary N) is 1. The van der Waals surface area contributed by atoms with E-state index in [1.165, 1.54) is 32.1 Å². The predicted molar refractivity (Wildman–Crippen MR) is 82.9 cm³/mol. The molecule has 4 unspecified atom stereocenters. The number of nitrogens with zero attached hydrogens (tertiary/aromatic N) is 1. The Morgan fingerprint density at radius 3 is 2.57 bits per heavy atom. The summed E-state index contributed by atoms with van der Waals surface area (Å²) in [6.45, 7) is 4.19. The number of carbonyl (C=O) groups excluding carboxylic acids is 1. The van der Waals surface area contributed by atoms with Crippen molar-refractivity contribution in [2.75, 3.05) is 7.11 Å². The second kappa shape index (κ2) is 5.88. The number of hydrogen-bond acceptors (Lipinski definition) is 3. The van der Waals surface area contributed by atoms with Gasteiger partial charge in [-0.05, 0) is 51.4 Å². The Labute approximate surface area is 128 Å². The quantitative estimate of drug-likeness (QED) is 0.867. The van der Waals surface area contributed by atoms with E-state index in [-0.39, 0.29) is 23.9 Å². The molecule has 0 spiro atoms. The van der Waals surface area contributed by atoms with Gasteiger partial charge in [0.05, 0.1) is 23.9 Å². The van der Waals surface area contributed by atoms with Crippen molar-refractivity contribution in [1.29, 1.82) is 0 Å². The minimum atomic E-state index is -0.381. The first kappa shape index (κ1) is 15.3. The van der Waals surface area contributed by atoms with Crippen LogP contribution in [0.4, 0.5) is 0 Å². The first-order valence-corrected chi connectivity index (χ1v) is 8.74. The average Bonchev–Trinajstić information content (AvgIpc) is 3.20. The van der Waals surface area contributed by atoms with Crippen molar-refractivity contribution < 1.29 is 9.53 Å². The standard InChI is InChI=1S/C17H30N2O2/c1-4-17(2)16(20)19(13-10-7-11-14(13)21-3)15(18-17)12-8-5-6-9-12/h12-15,18H,4-11H2,1-3H3. The van der Waals surface area contributed by atoms with Gasteiger partial charge in [0.25, 0.3) is 0 Å². The molecule has 4 atom stereocenters. The van der Waals surface area contributed by atoms with Crippen molar-refractivity contribution in [3.63, 3.8) is 0 Å². The number of rotatable bonds is 4. The van der Waals surface area contributed by atoms with Crippen LogP contribution in [-0.2, 0) is 9.53 Å². The van der Waals surface area contributed by atoms with Crippen LogP contribution in [0.1, 0.15) is 65.2 Å². The third kappa shape index (κ3) is 2.50. The van der Waals surface area contributed by atoms with Crippen LogP contribution in [0.25, 0.3) is 0 Å². The highest BCUT2D eigenvalue weighted by molar-refractivity contribution is 5.88. The summed E-state index contributed by atoms with van der Waals surface area (Å²) in [4.78, 5) is 15.3. The van der Waals surface area contributed by atoms with Crippen molar-refractivity contribution in [1.82, 2.24) is 10.2 Å². The zero-order chi connectivity index (χ0) is 15.0. The highest BCUT2D eigenvalue weighted by atomic mass is 16.5. The molecule has 0 aromatic heterocycles. The van der Waals surface area contributed by atoms with Crippen LogP contribution < -0.4 is 5.32 Å². The Morgan fingerprint density at radius 1 is 1.24 bits per heavy atom. The lowest BCUT2D eigenvalue weighted by Crippen LogP contribution is -2.51. The van der Waals surface area contributed by atoms with Crippen molar-refractivity contribution >= 4 is 5.91 Å². The fourth-order valence-electron chi connectivity index (χ4n) is 4.60. The lowest BCUT2D eigenvalue weighted by molar-refractivity contribution is -0.138. The van der Waals surface area contributed by atoms with E-state index in [0.717, 1.165) is 19.3 Å². The molecule has 1 saturated heterocycles. The van der Waals surface area contributed by atoms with Gasteiger partial charge in [-0.1, -0.05) is 19.8 Å². The summed E-state index contributed by atoms with van der Waals surface area (Å²) >= 11 is 0. The second-order valence-corrected chi connectivity index (χ2v) is 7.30. The van der Waals surface area contributed by atoms with E-state index >= 15 is 0 Å². The van der Waals surface area contributed by atoms with Gasteiger partial charge in [0.15, 0.2) is 0 Å². The maximum atomic E-state index is 13.1. The zero-order valence-electron chi connectivity index (χ0n) is 13.7. The molecule has 3 aliphatic rings. The first-order valence-electron chi connectivity index (χ1n) is 8.74. The van der Waals surface area contributed by atoms with Crippen LogP contribution in [0.2, 0.25) is 0 Å². The van der Waals surface area contributed by atoms with Crippen LogP contribution in [0.5, 0.6) is 0 Å². The second-order valence-electron chi connectivity index (χ2n) is 7.30. The monoisotopic (exact) mass is 294 g/mol. The van der Waals surface area contributed by atoms with E-state index in [1.807, 2.05) is 0 Å². The molecule has 1 N–H and O–H groups in total. The zero-order valence-corrected chi connectivity index (χ0v) is 13.7. The van der Waals surface area contributed by atoms with E-state index in [1.54, 1.807) is 7.11 Å².